The Bertz CT molecular complexity index is 484. The Morgan fingerprint density at radius 1 is 1.14 bits per heavy atom. The van der Waals surface area contributed by atoms with Gasteiger partial charge in [-0.05, 0) is 52.2 Å². The molecule has 1 rings (SSSR count). The minimum atomic E-state index is -0.357. The summed E-state index contributed by atoms with van der Waals surface area (Å²) in [5.74, 6) is 0.638. The van der Waals surface area contributed by atoms with E-state index in [0.717, 1.165) is 6.54 Å². The van der Waals surface area contributed by atoms with Gasteiger partial charge in [-0.15, -0.1) is 0 Å². The first kappa shape index (κ1) is 19.1. The zero-order valence-electron chi connectivity index (χ0n) is 15.5. The van der Waals surface area contributed by atoms with Crippen molar-refractivity contribution in [2.75, 3.05) is 19.0 Å². The van der Waals surface area contributed by atoms with Crippen molar-refractivity contribution in [1.29, 1.82) is 0 Å². The minimum Gasteiger partial charge on any atom is -0.427 e. The van der Waals surface area contributed by atoms with Gasteiger partial charge in [-0.2, -0.15) is 0 Å². The molecule has 0 unspecified atom stereocenters. The molecule has 124 valence electrons. The van der Waals surface area contributed by atoms with Crippen molar-refractivity contribution >= 4 is 18.6 Å². The van der Waals surface area contributed by atoms with Crippen LogP contribution in [0.15, 0.2) is 18.2 Å². The van der Waals surface area contributed by atoms with Gasteiger partial charge in [-0.25, -0.2) is 0 Å². The van der Waals surface area contributed by atoms with E-state index in [1.807, 2.05) is 0 Å². The summed E-state index contributed by atoms with van der Waals surface area (Å²) in [6.07, 6.45) is 0. The lowest BCUT2D eigenvalue weighted by Gasteiger charge is -2.40. The number of benzene rings is 1. The second-order valence-corrected chi connectivity index (χ2v) is 7.44. The number of ether oxygens (including phenoxy) is 1. The molecular formula is C18H32BNO2. The molecular weight excluding hydrogens is 273 g/mol. The third-order valence-electron chi connectivity index (χ3n) is 4.55. The van der Waals surface area contributed by atoms with E-state index < -0.39 is 0 Å². The van der Waals surface area contributed by atoms with Crippen molar-refractivity contribution in [3.63, 3.8) is 0 Å². The molecule has 0 bridgehead atoms. The summed E-state index contributed by atoms with van der Waals surface area (Å²) >= 11 is 0. The van der Waals surface area contributed by atoms with Crippen molar-refractivity contribution < 1.29 is 9.39 Å². The maximum Gasteiger partial charge on any atom is 0.309 e. The Hall–Kier alpha value is -0.995. The predicted octanol–water partition coefficient (Wildman–Crippen LogP) is 3.26. The fraction of sp³-hybridized carbons (Fsp3) is 0.667. The van der Waals surface area contributed by atoms with Gasteiger partial charge in [0, 0.05) is 19.3 Å². The Balaban J connectivity index is 2.70. The zero-order valence-corrected chi connectivity index (χ0v) is 15.5. The van der Waals surface area contributed by atoms with Gasteiger partial charge in [0.05, 0.1) is 11.2 Å². The van der Waals surface area contributed by atoms with E-state index in [2.05, 4.69) is 72.0 Å². The van der Waals surface area contributed by atoms with Crippen LogP contribution in [0, 0.1) is 12.8 Å². The van der Waals surface area contributed by atoms with Crippen LogP contribution in [0.2, 0.25) is 0 Å². The highest BCUT2D eigenvalue weighted by molar-refractivity contribution is 6.47. The van der Waals surface area contributed by atoms with Gasteiger partial charge >= 0.3 is 7.48 Å². The smallest absolute Gasteiger partial charge is 0.309 e. The molecule has 0 saturated heterocycles. The van der Waals surface area contributed by atoms with Crippen molar-refractivity contribution in [2.45, 2.75) is 59.7 Å². The van der Waals surface area contributed by atoms with Gasteiger partial charge in [0.1, 0.15) is 0 Å². The first-order chi connectivity index (χ1) is 10.1. The Morgan fingerprint density at radius 2 is 1.77 bits per heavy atom. The number of anilines is 1. The van der Waals surface area contributed by atoms with Crippen LogP contribution in [0.5, 0.6) is 0 Å². The lowest BCUT2D eigenvalue weighted by Crippen LogP contribution is -2.50. The first-order valence-electron chi connectivity index (χ1n) is 8.11. The maximum atomic E-state index is 6.12. The molecule has 22 heavy (non-hydrogen) atoms. The molecule has 3 nitrogen and oxygen atoms in total. The van der Waals surface area contributed by atoms with Crippen molar-refractivity contribution in [2.24, 2.45) is 5.92 Å². The van der Waals surface area contributed by atoms with E-state index in [0.29, 0.717) is 13.4 Å². The van der Waals surface area contributed by atoms with E-state index >= 15 is 0 Å². The molecule has 1 aromatic carbocycles. The summed E-state index contributed by atoms with van der Waals surface area (Å²) < 4.78 is 11.7. The molecule has 1 aromatic rings. The number of hydrogen-bond acceptors (Lipinski definition) is 3. The summed E-state index contributed by atoms with van der Waals surface area (Å²) in [5, 5.41) is 3.48. The number of nitrogens with one attached hydrogen (secondary N) is 1. The summed E-state index contributed by atoms with van der Waals surface area (Å²) in [6, 6.07) is 6.47. The van der Waals surface area contributed by atoms with Crippen molar-refractivity contribution in [1.82, 2.24) is 0 Å². The molecule has 0 fully saturated rings. The number of rotatable bonds is 8. The number of methoxy groups -OCH3 is 1. The topological polar surface area (TPSA) is 30.5 Å². The van der Waals surface area contributed by atoms with E-state index in [-0.39, 0.29) is 11.2 Å². The van der Waals surface area contributed by atoms with Crippen molar-refractivity contribution in [3.05, 3.63) is 23.8 Å². The highest BCUT2D eigenvalue weighted by Gasteiger charge is 2.37. The maximum absolute atomic E-state index is 6.12. The average molecular weight is 305 g/mol. The minimum absolute atomic E-state index is 0.333. The van der Waals surface area contributed by atoms with Gasteiger partial charge in [-0.1, -0.05) is 31.4 Å². The first-order valence-corrected chi connectivity index (χ1v) is 8.11. The molecule has 0 saturated carbocycles. The molecule has 0 aliphatic heterocycles. The lowest BCUT2D eigenvalue weighted by molar-refractivity contribution is -0.114. The van der Waals surface area contributed by atoms with Gasteiger partial charge in [0.25, 0.3) is 0 Å². The fourth-order valence-corrected chi connectivity index (χ4v) is 2.01. The summed E-state index contributed by atoms with van der Waals surface area (Å²) in [5.41, 5.74) is 2.96. The Labute approximate surface area is 137 Å². The standard InChI is InChI=1S/C18H32BNO2/c1-13(2)12-20-16-10-9-15(11-14(16)3)19-22-18(6,7)17(4,5)21-8/h9-11,13,19-20H,12H2,1-8H3. The second-order valence-electron chi connectivity index (χ2n) is 7.44. The molecule has 0 aliphatic rings. The molecule has 0 radical (unpaired) electrons. The van der Waals surface area contributed by atoms with Gasteiger partial charge in [0.15, 0.2) is 0 Å². The van der Waals surface area contributed by atoms with Crippen LogP contribution < -0.4 is 10.8 Å². The molecule has 0 aliphatic carbocycles. The van der Waals surface area contributed by atoms with E-state index in [9.17, 15) is 0 Å². The van der Waals surface area contributed by atoms with Gasteiger partial charge < -0.3 is 14.7 Å². The number of aryl methyl sites for hydroxylation is 1. The zero-order chi connectivity index (χ0) is 17.0. The normalized spacial score (nSPS) is 12.6. The third kappa shape index (κ3) is 5.03. The van der Waals surface area contributed by atoms with E-state index in [1.54, 1.807) is 7.11 Å². The third-order valence-corrected chi connectivity index (χ3v) is 4.55. The van der Waals surface area contributed by atoms with E-state index in [4.69, 9.17) is 9.39 Å². The molecule has 4 heteroatoms. The second kappa shape index (κ2) is 7.52. The fourth-order valence-electron chi connectivity index (χ4n) is 2.01. The Kier molecular flexibility index (Phi) is 6.51. The Morgan fingerprint density at radius 3 is 2.27 bits per heavy atom. The molecule has 1 N–H and O–H groups in total. The molecule has 0 heterocycles. The summed E-state index contributed by atoms with van der Waals surface area (Å²) in [7, 11) is 2.32. The predicted molar refractivity (Wildman–Crippen MR) is 97.5 cm³/mol. The monoisotopic (exact) mass is 305 g/mol. The summed E-state index contributed by atoms with van der Waals surface area (Å²) in [6.45, 7) is 15.8. The van der Waals surface area contributed by atoms with Gasteiger partial charge in [-0.3, -0.25) is 0 Å². The molecule has 0 spiro atoms. The highest BCUT2D eigenvalue weighted by atomic mass is 16.5. The van der Waals surface area contributed by atoms with Crippen LogP contribution in [0.3, 0.4) is 0 Å². The quantitative estimate of drug-likeness (QED) is 0.748. The van der Waals surface area contributed by atoms with Crippen LogP contribution in [0.1, 0.15) is 47.1 Å². The molecule has 0 amide bonds. The van der Waals surface area contributed by atoms with Crippen LogP contribution in [0.25, 0.3) is 0 Å². The summed E-state index contributed by atoms with van der Waals surface area (Å²) in [4.78, 5) is 0. The average Bonchev–Trinajstić information content (AvgIpc) is 2.43. The van der Waals surface area contributed by atoms with Gasteiger partial charge in [0.2, 0.25) is 0 Å². The van der Waals surface area contributed by atoms with Crippen molar-refractivity contribution in [3.8, 4) is 0 Å². The van der Waals surface area contributed by atoms with Crippen LogP contribution >= 0.6 is 0 Å². The van der Waals surface area contributed by atoms with Crippen LogP contribution in [-0.4, -0.2) is 32.3 Å². The van der Waals surface area contributed by atoms with Crippen LogP contribution in [0.4, 0.5) is 5.69 Å². The highest BCUT2D eigenvalue weighted by Crippen LogP contribution is 2.27. The molecule has 0 atom stereocenters. The van der Waals surface area contributed by atoms with Crippen LogP contribution in [-0.2, 0) is 9.39 Å². The largest absolute Gasteiger partial charge is 0.427 e. The SMILES string of the molecule is COC(C)(C)C(C)(C)OBc1ccc(NCC(C)C)c(C)c1. The molecule has 0 aromatic heterocycles. The van der Waals surface area contributed by atoms with E-state index in [1.165, 1.54) is 16.7 Å². The number of hydrogen-bond donors (Lipinski definition) is 1. The lowest BCUT2D eigenvalue weighted by atomic mass is 9.82.